The van der Waals surface area contributed by atoms with Crippen LogP contribution in [0.1, 0.15) is 43.2 Å². The van der Waals surface area contributed by atoms with E-state index in [2.05, 4.69) is 9.97 Å². The van der Waals surface area contributed by atoms with Crippen LogP contribution in [0.2, 0.25) is 0 Å². The van der Waals surface area contributed by atoms with Gasteiger partial charge >= 0.3 is 11.9 Å². The molecule has 0 fully saturated rings. The molecular formula is C34H26N4O4. The molecule has 0 radical (unpaired) electrons. The van der Waals surface area contributed by atoms with Gasteiger partial charge in [0.2, 0.25) is 0 Å². The van der Waals surface area contributed by atoms with Gasteiger partial charge in [0, 0.05) is 34.9 Å². The maximum absolute atomic E-state index is 11.9. The van der Waals surface area contributed by atoms with Crippen molar-refractivity contribution in [3.05, 3.63) is 177 Å². The number of hydrogen-bond donors (Lipinski definition) is 2. The van der Waals surface area contributed by atoms with Crippen LogP contribution in [0.5, 0.6) is 0 Å². The fourth-order valence-corrected chi connectivity index (χ4v) is 4.92. The van der Waals surface area contributed by atoms with Crippen LogP contribution in [0.15, 0.2) is 121 Å². The highest BCUT2D eigenvalue weighted by molar-refractivity contribution is 5.93. The first-order valence-electron chi connectivity index (χ1n) is 13.2. The second-order valence-electron chi connectivity index (χ2n) is 9.49. The fourth-order valence-electron chi connectivity index (χ4n) is 4.92. The molecule has 2 aliphatic rings. The largest absolute Gasteiger partial charge is 0.532 e. The average molecular weight is 555 g/mol. The lowest BCUT2D eigenvalue weighted by atomic mass is 9.99. The van der Waals surface area contributed by atoms with Crippen LogP contribution in [0.3, 0.4) is 0 Å². The highest BCUT2D eigenvalue weighted by Crippen LogP contribution is 2.47. The molecule has 2 aliphatic heterocycles. The summed E-state index contributed by atoms with van der Waals surface area (Å²) in [4.78, 5) is 30.5. The van der Waals surface area contributed by atoms with Gasteiger partial charge in [0.15, 0.2) is 0 Å². The molecule has 0 bridgehead atoms. The Morgan fingerprint density at radius 2 is 0.976 bits per heavy atom. The normalized spacial score (nSPS) is 16.2. The molecular weight excluding hydrogens is 528 g/mol. The summed E-state index contributed by atoms with van der Waals surface area (Å²) >= 11 is 0. The van der Waals surface area contributed by atoms with Crippen LogP contribution < -0.4 is 0 Å². The van der Waals surface area contributed by atoms with E-state index in [-0.39, 0.29) is 11.9 Å². The summed E-state index contributed by atoms with van der Waals surface area (Å²) in [5.74, 6) is -0.769. The van der Waals surface area contributed by atoms with Crippen molar-refractivity contribution >= 4 is 23.1 Å². The SMILES string of the molecule is COC(=O)c1ccc(/C(=C2\C=C[C+]([C+]3C=C/C(=C(\c4ccc(C(=O)OC)cc4)c4ccc[nH]4)[N-]3)[N-]2)c2ccc[nH]2)cc1. The summed E-state index contributed by atoms with van der Waals surface area (Å²) in [6, 6.07) is 23.8. The summed E-state index contributed by atoms with van der Waals surface area (Å²) in [5, 5.41) is 9.91. The molecule has 2 aromatic heterocycles. The first-order chi connectivity index (χ1) is 20.6. The molecule has 6 rings (SSSR count). The summed E-state index contributed by atoms with van der Waals surface area (Å²) in [7, 11) is 2.73. The zero-order valence-corrected chi connectivity index (χ0v) is 22.9. The third-order valence-corrected chi connectivity index (χ3v) is 6.98. The van der Waals surface area contributed by atoms with E-state index in [0.717, 1.165) is 57.1 Å². The molecule has 0 saturated heterocycles. The van der Waals surface area contributed by atoms with Crippen LogP contribution in [0.4, 0.5) is 0 Å². The van der Waals surface area contributed by atoms with Crippen molar-refractivity contribution in [1.29, 1.82) is 0 Å². The van der Waals surface area contributed by atoms with E-state index in [1.165, 1.54) is 14.2 Å². The molecule has 0 spiro atoms. The number of ether oxygens (including phenoxy) is 2. The predicted octanol–water partition coefficient (Wildman–Crippen LogP) is 7.09. The van der Waals surface area contributed by atoms with Gasteiger partial charge in [0.1, 0.15) is 12.2 Å². The van der Waals surface area contributed by atoms with Crippen molar-refractivity contribution in [2.45, 2.75) is 0 Å². The van der Waals surface area contributed by atoms with Gasteiger partial charge in [-0.15, -0.1) is 0 Å². The minimum Gasteiger partial charge on any atom is -0.532 e. The number of carbonyl (C=O) groups is 2. The Kier molecular flexibility index (Phi) is 7.17. The first kappa shape index (κ1) is 26.5. The molecule has 2 aromatic carbocycles. The van der Waals surface area contributed by atoms with Crippen LogP contribution in [0, 0.1) is 12.1 Å². The number of carbonyl (C=O) groups excluding carboxylic acids is 2. The van der Waals surface area contributed by atoms with Crippen LogP contribution in [-0.4, -0.2) is 36.1 Å². The van der Waals surface area contributed by atoms with E-state index in [1.807, 2.05) is 85.2 Å². The van der Waals surface area contributed by atoms with Gasteiger partial charge in [-0.2, -0.15) is 0 Å². The number of nitrogens with one attached hydrogen (secondary N) is 2. The van der Waals surface area contributed by atoms with Crippen LogP contribution in [-0.2, 0) is 9.47 Å². The topological polar surface area (TPSA) is 112 Å². The molecule has 0 unspecified atom stereocenters. The number of nitrogens with zero attached hydrogens (tertiary/aromatic N) is 2. The Morgan fingerprint density at radius 1 is 0.595 bits per heavy atom. The molecule has 0 aliphatic carbocycles. The van der Waals surface area contributed by atoms with Crippen molar-refractivity contribution in [3.8, 4) is 0 Å². The molecule has 206 valence electrons. The van der Waals surface area contributed by atoms with E-state index in [9.17, 15) is 9.59 Å². The van der Waals surface area contributed by atoms with Gasteiger partial charge in [-0.1, -0.05) is 24.3 Å². The molecule has 4 heterocycles. The van der Waals surface area contributed by atoms with Gasteiger partial charge in [0.05, 0.1) is 49.6 Å². The predicted molar refractivity (Wildman–Crippen MR) is 161 cm³/mol. The lowest BCUT2D eigenvalue weighted by Crippen LogP contribution is -2.02. The number of aromatic amines is 2. The number of benzene rings is 2. The summed E-state index contributed by atoms with van der Waals surface area (Å²) in [6.07, 6.45) is 11.6. The summed E-state index contributed by atoms with van der Waals surface area (Å²) < 4.78 is 9.68. The number of allylic oxidation sites excluding steroid dienone is 2. The molecule has 0 atom stereocenters. The molecule has 4 aromatic rings. The van der Waals surface area contributed by atoms with Gasteiger partial charge in [-0.3, -0.25) is 0 Å². The number of H-pyrrole nitrogens is 2. The third kappa shape index (κ3) is 5.09. The van der Waals surface area contributed by atoms with Gasteiger partial charge in [-0.05, 0) is 71.1 Å². The maximum atomic E-state index is 11.9. The van der Waals surface area contributed by atoms with Crippen LogP contribution in [0.25, 0.3) is 21.8 Å². The van der Waals surface area contributed by atoms with Crippen molar-refractivity contribution in [2.75, 3.05) is 14.2 Å². The zero-order valence-electron chi connectivity index (χ0n) is 22.9. The lowest BCUT2D eigenvalue weighted by Gasteiger charge is -2.25. The van der Waals surface area contributed by atoms with Crippen LogP contribution >= 0.6 is 0 Å². The Hall–Kier alpha value is -5.76. The quantitative estimate of drug-likeness (QED) is 0.188. The van der Waals surface area contributed by atoms with Crippen molar-refractivity contribution in [2.24, 2.45) is 0 Å². The standard InChI is InChI=1S/C34H26N4O4/c1-41-33(39)23-11-7-21(8-12-23)31(27-5-3-19-35-27)29-17-15-25(37-29)26-16-18-30(38-26)32(28-6-4-20-36-28)22-9-13-24(14-10-22)34(40)42-2/h3-20,35-36H,1-2H3. The fraction of sp³-hybridized carbons (Fsp3) is 0.0588. The van der Waals surface area contributed by atoms with E-state index >= 15 is 0 Å². The molecule has 8 nitrogen and oxygen atoms in total. The minimum atomic E-state index is -0.385. The number of methoxy groups -OCH3 is 2. The second-order valence-corrected chi connectivity index (χ2v) is 9.49. The number of aromatic nitrogens is 2. The van der Waals surface area contributed by atoms with Crippen molar-refractivity contribution in [1.82, 2.24) is 9.97 Å². The van der Waals surface area contributed by atoms with E-state index < -0.39 is 0 Å². The molecule has 0 saturated carbocycles. The highest BCUT2D eigenvalue weighted by atomic mass is 16.5. The number of esters is 2. The van der Waals surface area contributed by atoms with Gasteiger partial charge in [0.25, 0.3) is 0 Å². The lowest BCUT2D eigenvalue weighted by molar-refractivity contribution is 0.0592. The smallest absolute Gasteiger partial charge is 0.337 e. The Labute approximate surface area is 243 Å². The Bertz CT molecular complexity index is 1580. The number of rotatable bonds is 7. The maximum Gasteiger partial charge on any atom is 0.337 e. The first-order valence-corrected chi connectivity index (χ1v) is 13.2. The van der Waals surface area contributed by atoms with E-state index in [1.54, 1.807) is 24.3 Å². The van der Waals surface area contributed by atoms with Gasteiger partial charge in [-0.25, -0.2) is 9.59 Å². The summed E-state index contributed by atoms with van der Waals surface area (Å²) in [6.45, 7) is 0. The monoisotopic (exact) mass is 554 g/mol. The second kappa shape index (κ2) is 11.4. The van der Waals surface area contributed by atoms with Gasteiger partial charge < -0.3 is 30.1 Å². The van der Waals surface area contributed by atoms with Crippen molar-refractivity contribution < 1.29 is 19.1 Å². The Balaban J connectivity index is 1.28. The van der Waals surface area contributed by atoms with E-state index in [0.29, 0.717) is 11.1 Å². The summed E-state index contributed by atoms with van der Waals surface area (Å²) in [5.41, 5.74) is 7.92. The Morgan fingerprint density at radius 3 is 1.31 bits per heavy atom. The molecule has 42 heavy (non-hydrogen) atoms. The minimum absolute atomic E-state index is 0.385. The average Bonchev–Trinajstić information content (AvgIpc) is 3.86. The molecule has 0 amide bonds. The van der Waals surface area contributed by atoms with Crippen molar-refractivity contribution in [3.63, 3.8) is 0 Å². The number of hydrogen-bond acceptors (Lipinski definition) is 4. The zero-order chi connectivity index (χ0) is 29.1. The molecule has 2 N–H and O–H groups in total. The highest BCUT2D eigenvalue weighted by Gasteiger charge is 2.28. The molecule has 8 heteroatoms. The third-order valence-electron chi connectivity index (χ3n) is 6.98. The van der Waals surface area contributed by atoms with E-state index in [4.69, 9.17) is 20.1 Å².